The van der Waals surface area contributed by atoms with Crippen molar-refractivity contribution in [3.63, 3.8) is 0 Å². The molecule has 0 radical (unpaired) electrons. The van der Waals surface area contributed by atoms with E-state index in [-0.39, 0.29) is 5.97 Å². The van der Waals surface area contributed by atoms with Gasteiger partial charge in [0.1, 0.15) is 5.52 Å². The van der Waals surface area contributed by atoms with Gasteiger partial charge in [-0.3, -0.25) is 9.78 Å². The number of fused-ring (bicyclic) bond motifs is 1. The maximum absolute atomic E-state index is 11.4. The first kappa shape index (κ1) is 32.4. The summed E-state index contributed by atoms with van der Waals surface area (Å²) in [5.41, 5.74) is 11.6. The molecule has 0 amide bonds. The highest BCUT2D eigenvalue weighted by Crippen LogP contribution is 2.38. The van der Waals surface area contributed by atoms with Gasteiger partial charge in [0.05, 0.1) is 29.9 Å². The molecule has 5 aromatic rings. The topological polar surface area (TPSA) is 89.3 Å². The molecular formula is C38H37ClN4O3. The van der Waals surface area contributed by atoms with Gasteiger partial charge in [0, 0.05) is 36.1 Å². The average molecular weight is 633 g/mol. The van der Waals surface area contributed by atoms with E-state index < -0.39 is 0 Å². The molecule has 2 heterocycles. The lowest BCUT2D eigenvalue weighted by molar-refractivity contribution is -0.140. The number of esters is 1. The number of nitrogens with one attached hydrogen (secondary N) is 2. The fourth-order valence-corrected chi connectivity index (χ4v) is 5.68. The van der Waals surface area contributed by atoms with Crippen LogP contribution >= 0.6 is 11.6 Å². The van der Waals surface area contributed by atoms with Gasteiger partial charge in [0.2, 0.25) is 5.89 Å². The zero-order valence-corrected chi connectivity index (χ0v) is 27.3. The van der Waals surface area contributed by atoms with Crippen molar-refractivity contribution < 1.29 is 13.9 Å². The predicted octanol–water partition coefficient (Wildman–Crippen LogP) is 9.24. The molecule has 0 atom stereocenters. The van der Waals surface area contributed by atoms with E-state index in [1.807, 2.05) is 61.5 Å². The molecule has 5 rings (SSSR count). The quantitative estimate of drug-likeness (QED) is 0.105. The van der Waals surface area contributed by atoms with E-state index in [0.29, 0.717) is 47.2 Å². The van der Waals surface area contributed by atoms with Crippen molar-refractivity contribution in [2.45, 2.75) is 33.7 Å². The third-order valence-electron chi connectivity index (χ3n) is 7.85. The average Bonchev–Trinajstić information content (AvgIpc) is 3.49. The highest BCUT2D eigenvalue weighted by atomic mass is 35.5. The Hall–Kier alpha value is -4.98. The van der Waals surface area contributed by atoms with Crippen LogP contribution in [0.25, 0.3) is 51.5 Å². The number of methoxy groups -OCH3 is 1. The number of hydrogen-bond donors (Lipinski definition) is 2. The van der Waals surface area contributed by atoms with Crippen LogP contribution in [0.1, 0.15) is 46.9 Å². The van der Waals surface area contributed by atoms with E-state index in [4.69, 9.17) is 25.7 Å². The molecule has 2 N–H and O–H groups in total. The molecule has 7 nitrogen and oxygen atoms in total. The molecule has 2 aromatic heterocycles. The summed E-state index contributed by atoms with van der Waals surface area (Å²) in [5, 5.41) is 7.22. The molecule has 3 aromatic carbocycles. The summed E-state index contributed by atoms with van der Waals surface area (Å²) in [6.07, 6.45) is 7.88. The Kier molecular flexibility index (Phi) is 10.2. The Balaban J connectivity index is 1.42. The monoisotopic (exact) mass is 632 g/mol. The van der Waals surface area contributed by atoms with Crippen molar-refractivity contribution in [1.29, 1.82) is 0 Å². The number of oxazole rings is 1. The van der Waals surface area contributed by atoms with Crippen LogP contribution in [-0.4, -0.2) is 29.6 Å². The molecular weight excluding hydrogens is 596 g/mol. The first-order valence-corrected chi connectivity index (χ1v) is 15.4. The summed E-state index contributed by atoms with van der Waals surface area (Å²) < 4.78 is 10.9. The van der Waals surface area contributed by atoms with Crippen molar-refractivity contribution >= 4 is 52.2 Å². The fraction of sp³-hybridized carbons (Fsp3) is 0.184. The summed E-state index contributed by atoms with van der Waals surface area (Å²) >= 11 is 6.62. The van der Waals surface area contributed by atoms with Gasteiger partial charge in [-0.05, 0) is 84.5 Å². The number of rotatable bonds is 12. The number of halogens is 1. The molecule has 234 valence electrons. The third-order valence-corrected chi connectivity index (χ3v) is 8.13. The zero-order chi connectivity index (χ0) is 32.8. The molecule has 0 spiro atoms. The minimum absolute atomic E-state index is 0.255. The second kappa shape index (κ2) is 14.4. The van der Waals surface area contributed by atoms with Crippen LogP contribution in [0, 0.1) is 13.8 Å². The van der Waals surface area contributed by atoms with Gasteiger partial charge < -0.3 is 19.8 Å². The van der Waals surface area contributed by atoms with Crippen LogP contribution in [-0.2, 0) is 16.1 Å². The van der Waals surface area contributed by atoms with Gasteiger partial charge in [0.25, 0.3) is 0 Å². The number of pyridine rings is 1. The van der Waals surface area contributed by atoms with E-state index in [2.05, 4.69) is 54.8 Å². The number of aromatic nitrogens is 2. The number of carbonyl (C=O) groups is 1. The Labute approximate surface area is 274 Å². The number of anilines is 1. The Bertz CT molecular complexity index is 1970. The van der Waals surface area contributed by atoms with Crippen molar-refractivity contribution in [2.75, 3.05) is 19.0 Å². The summed E-state index contributed by atoms with van der Waals surface area (Å²) in [5.74, 6) is 0.243. The minimum Gasteiger partial charge on any atom is -0.469 e. The smallest absolute Gasteiger partial charge is 0.306 e. The summed E-state index contributed by atoms with van der Waals surface area (Å²) in [4.78, 5) is 20.9. The predicted molar refractivity (Wildman–Crippen MR) is 189 cm³/mol. The SMILES string of the molecule is C=Cc1cnc(C(=C)Nc2cccc(-c3cccc(-c4nc5cc(CNCCC(=O)OC)cc(Cl)c5o4)c3C)c2C)c(/C=C\C)c1. The van der Waals surface area contributed by atoms with Crippen LogP contribution < -0.4 is 10.6 Å². The number of benzene rings is 3. The summed E-state index contributed by atoms with van der Waals surface area (Å²) in [6.45, 7) is 15.4. The maximum Gasteiger partial charge on any atom is 0.306 e. The molecule has 0 aliphatic carbocycles. The lowest BCUT2D eigenvalue weighted by Gasteiger charge is -2.18. The lowest BCUT2D eigenvalue weighted by atomic mass is 9.92. The van der Waals surface area contributed by atoms with Crippen molar-refractivity contribution in [1.82, 2.24) is 15.3 Å². The summed E-state index contributed by atoms with van der Waals surface area (Å²) in [6, 6.07) is 18.2. The van der Waals surface area contributed by atoms with Gasteiger partial charge in [-0.2, -0.15) is 0 Å². The molecule has 0 aliphatic heterocycles. The van der Waals surface area contributed by atoms with Gasteiger partial charge >= 0.3 is 5.97 Å². The third kappa shape index (κ3) is 6.96. The lowest BCUT2D eigenvalue weighted by Crippen LogP contribution is -2.18. The van der Waals surface area contributed by atoms with Gasteiger partial charge in [-0.1, -0.05) is 67.3 Å². The molecule has 0 unspecified atom stereocenters. The molecule has 0 saturated heterocycles. The van der Waals surface area contributed by atoms with Crippen LogP contribution in [0.15, 0.2) is 84.4 Å². The first-order valence-electron chi connectivity index (χ1n) is 15.0. The van der Waals surface area contributed by atoms with Crippen molar-refractivity contribution in [3.8, 4) is 22.6 Å². The largest absolute Gasteiger partial charge is 0.469 e. The number of carbonyl (C=O) groups excluding carboxylic acids is 1. The van der Waals surface area contributed by atoms with Gasteiger partial charge in [-0.25, -0.2) is 4.98 Å². The minimum atomic E-state index is -0.255. The molecule has 8 heteroatoms. The van der Waals surface area contributed by atoms with E-state index in [9.17, 15) is 4.79 Å². The van der Waals surface area contributed by atoms with E-state index in [1.54, 1.807) is 12.3 Å². The van der Waals surface area contributed by atoms with Gasteiger partial charge in [0.15, 0.2) is 5.58 Å². The Morgan fingerprint density at radius 2 is 1.80 bits per heavy atom. The Morgan fingerprint density at radius 1 is 1.07 bits per heavy atom. The number of hydrogen-bond acceptors (Lipinski definition) is 7. The molecule has 0 aliphatic rings. The van der Waals surface area contributed by atoms with E-state index in [1.165, 1.54) is 7.11 Å². The highest BCUT2D eigenvalue weighted by Gasteiger charge is 2.18. The maximum atomic E-state index is 11.4. The second-order valence-corrected chi connectivity index (χ2v) is 11.3. The Morgan fingerprint density at radius 3 is 2.54 bits per heavy atom. The second-order valence-electron chi connectivity index (χ2n) is 10.9. The van der Waals surface area contributed by atoms with E-state index in [0.717, 1.165) is 55.9 Å². The van der Waals surface area contributed by atoms with Crippen LogP contribution in [0.4, 0.5) is 5.69 Å². The zero-order valence-electron chi connectivity index (χ0n) is 26.5. The van der Waals surface area contributed by atoms with Crippen molar-refractivity contribution in [3.05, 3.63) is 119 Å². The molecule has 0 bridgehead atoms. The molecule has 0 saturated carbocycles. The first-order chi connectivity index (χ1) is 22.2. The standard InChI is InChI=1S/C38H37ClN4O3/c1-7-11-28-18-26(8-2)22-41-36(28)25(5)42-33-15-10-13-30(24(33)4)29-12-9-14-31(23(29)3)38-43-34-20-27(19-32(39)37(34)46-38)21-40-17-16-35(44)45-6/h7-15,18-20,22,40,42H,2,5,16-17,21H2,1,3-4,6H3/b11-7-. The van der Waals surface area contributed by atoms with Crippen LogP contribution in [0.3, 0.4) is 0 Å². The van der Waals surface area contributed by atoms with Crippen molar-refractivity contribution in [2.24, 2.45) is 0 Å². The van der Waals surface area contributed by atoms with Gasteiger partial charge in [-0.15, -0.1) is 0 Å². The number of allylic oxidation sites excluding steroid dienone is 1. The molecule has 46 heavy (non-hydrogen) atoms. The van der Waals surface area contributed by atoms with Crippen LogP contribution in [0.5, 0.6) is 0 Å². The normalized spacial score (nSPS) is 11.2. The fourth-order valence-electron chi connectivity index (χ4n) is 5.40. The number of ether oxygens (including phenoxy) is 1. The highest BCUT2D eigenvalue weighted by molar-refractivity contribution is 6.34. The summed E-state index contributed by atoms with van der Waals surface area (Å²) in [7, 11) is 1.38. The van der Waals surface area contributed by atoms with E-state index >= 15 is 0 Å². The molecule has 0 fully saturated rings. The van der Waals surface area contributed by atoms with Crippen LogP contribution in [0.2, 0.25) is 5.02 Å². The number of nitrogens with zero attached hydrogens (tertiary/aromatic N) is 2.